The van der Waals surface area contributed by atoms with E-state index in [0.29, 0.717) is 24.3 Å². The van der Waals surface area contributed by atoms with Gasteiger partial charge in [-0.25, -0.2) is 4.98 Å². The number of pyridine rings is 1. The van der Waals surface area contributed by atoms with Gasteiger partial charge in [-0.2, -0.15) is 0 Å². The number of nitrogens with zero attached hydrogens (tertiary/aromatic N) is 2. The normalized spacial score (nSPS) is 27.2. The molecule has 4 atom stereocenters. The molecular weight excluding hydrogens is 392 g/mol. The van der Waals surface area contributed by atoms with Crippen LogP contribution in [0.25, 0.3) is 5.65 Å². The summed E-state index contributed by atoms with van der Waals surface area (Å²) in [5, 5.41) is 15.5. The number of amides is 2. The predicted octanol–water partition coefficient (Wildman–Crippen LogP) is 2.70. The van der Waals surface area contributed by atoms with Crippen LogP contribution in [0.3, 0.4) is 0 Å². The molecule has 0 spiro atoms. The first-order chi connectivity index (χ1) is 15.0. The Bertz CT molecular complexity index is 1060. The van der Waals surface area contributed by atoms with Crippen molar-refractivity contribution in [3.05, 3.63) is 47.4 Å². The number of aliphatic hydroxyl groups is 1. The average molecular weight is 423 g/mol. The zero-order chi connectivity index (χ0) is 21.6. The van der Waals surface area contributed by atoms with Gasteiger partial charge in [0, 0.05) is 19.3 Å². The molecule has 0 aromatic carbocycles. The molecule has 0 radical (unpaired) electrons. The molecule has 7 nitrogen and oxygen atoms in total. The zero-order valence-electron chi connectivity index (χ0n) is 17.9. The number of carbonyl (C=O) groups excluding carboxylic acids is 2. The third-order valence-corrected chi connectivity index (χ3v) is 7.55. The maximum absolute atomic E-state index is 13.1. The van der Waals surface area contributed by atoms with Crippen LogP contribution in [-0.2, 0) is 0 Å². The highest BCUT2D eigenvalue weighted by Gasteiger charge is 2.50. The summed E-state index contributed by atoms with van der Waals surface area (Å²) in [5.41, 5.74) is 3.11. The highest BCUT2D eigenvalue weighted by Crippen LogP contribution is 2.59. The number of imidazole rings is 1. The first-order valence-corrected chi connectivity index (χ1v) is 11.4. The summed E-state index contributed by atoms with van der Waals surface area (Å²) in [7, 11) is 0. The standard InChI is InChI=1S/C24H30N4O3/c1-2-17(29)12-25-22(30)19-13-28-20(4-3-5-21(28)27-19)23(31)26-14-24-9-8-15-6-7-16(10-24)18(15)11-24/h3-5,8,13,16-18,29H,2,6-7,9-12,14H2,1H3,(H,25,30)(H,26,31). The molecule has 3 aliphatic rings. The monoisotopic (exact) mass is 422 g/mol. The largest absolute Gasteiger partial charge is 0.391 e. The number of rotatable bonds is 7. The third kappa shape index (κ3) is 3.65. The summed E-state index contributed by atoms with van der Waals surface area (Å²) in [6.07, 6.45) is 10.1. The van der Waals surface area contributed by atoms with E-state index in [-0.39, 0.29) is 29.5 Å². The van der Waals surface area contributed by atoms with Crippen LogP contribution in [0.15, 0.2) is 36.0 Å². The van der Waals surface area contributed by atoms with Crippen LogP contribution in [0.5, 0.6) is 0 Å². The summed E-state index contributed by atoms with van der Waals surface area (Å²) < 4.78 is 1.67. The first-order valence-electron chi connectivity index (χ1n) is 11.4. The van der Waals surface area contributed by atoms with Crippen LogP contribution in [0.4, 0.5) is 0 Å². The minimum absolute atomic E-state index is 0.141. The Morgan fingerprint density at radius 3 is 3.00 bits per heavy atom. The van der Waals surface area contributed by atoms with Crippen LogP contribution in [0, 0.1) is 17.3 Å². The van der Waals surface area contributed by atoms with Crippen LogP contribution in [0.2, 0.25) is 0 Å². The van der Waals surface area contributed by atoms with E-state index < -0.39 is 6.10 Å². The van der Waals surface area contributed by atoms with Gasteiger partial charge in [0.05, 0.1) is 6.10 Å². The molecular formula is C24H30N4O3. The zero-order valence-corrected chi connectivity index (χ0v) is 17.9. The second-order valence-electron chi connectivity index (χ2n) is 9.52. The summed E-state index contributed by atoms with van der Waals surface area (Å²) in [6.45, 7) is 2.72. The molecule has 0 saturated heterocycles. The average Bonchev–Trinajstić information content (AvgIpc) is 3.45. The van der Waals surface area contributed by atoms with Crippen molar-refractivity contribution in [3.8, 4) is 0 Å². The van der Waals surface area contributed by atoms with E-state index in [1.165, 1.54) is 25.7 Å². The molecule has 31 heavy (non-hydrogen) atoms. The lowest BCUT2D eigenvalue weighted by Gasteiger charge is -2.32. The van der Waals surface area contributed by atoms with E-state index in [0.717, 1.165) is 18.3 Å². The van der Waals surface area contributed by atoms with Gasteiger partial charge < -0.3 is 15.7 Å². The quantitative estimate of drug-likeness (QED) is 0.598. The van der Waals surface area contributed by atoms with Crippen LogP contribution < -0.4 is 10.6 Å². The van der Waals surface area contributed by atoms with E-state index in [2.05, 4.69) is 21.7 Å². The van der Waals surface area contributed by atoms with E-state index in [1.807, 2.05) is 6.92 Å². The van der Waals surface area contributed by atoms with Crippen LogP contribution in [0.1, 0.15) is 66.4 Å². The number of nitrogens with one attached hydrogen (secondary N) is 2. The summed E-state index contributed by atoms with van der Waals surface area (Å²) in [6, 6.07) is 5.32. The minimum atomic E-state index is -0.581. The molecule has 7 heteroatoms. The minimum Gasteiger partial charge on any atom is -0.391 e. The summed E-state index contributed by atoms with van der Waals surface area (Å²) in [5.74, 6) is 1.05. The molecule has 3 N–H and O–H groups in total. The molecule has 2 amide bonds. The number of carbonyl (C=O) groups is 2. The SMILES string of the molecule is CCC(O)CNC(=O)c1cn2c(C(=O)NCC34CC=C5CCC(C3)C5C4)cccc2n1. The molecule has 2 bridgehead atoms. The molecule has 0 aliphatic heterocycles. The fourth-order valence-electron chi connectivity index (χ4n) is 5.78. The van der Waals surface area contributed by atoms with Gasteiger partial charge in [0.25, 0.3) is 11.8 Å². The Hall–Kier alpha value is -2.67. The third-order valence-electron chi connectivity index (χ3n) is 7.55. The van der Waals surface area contributed by atoms with Crippen molar-refractivity contribution < 1.29 is 14.7 Å². The molecule has 2 heterocycles. The molecule has 2 fully saturated rings. The Labute approximate surface area is 181 Å². The predicted molar refractivity (Wildman–Crippen MR) is 117 cm³/mol. The Balaban J connectivity index is 1.29. The second-order valence-corrected chi connectivity index (χ2v) is 9.52. The molecule has 2 saturated carbocycles. The van der Waals surface area contributed by atoms with Crippen molar-refractivity contribution in [3.63, 3.8) is 0 Å². The van der Waals surface area contributed by atoms with Gasteiger partial charge in [-0.15, -0.1) is 0 Å². The van der Waals surface area contributed by atoms with Crippen molar-refractivity contribution >= 4 is 17.5 Å². The van der Waals surface area contributed by atoms with Crippen molar-refractivity contribution in [1.82, 2.24) is 20.0 Å². The number of hydrogen-bond acceptors (Lipinski definition) is 4. The second kappa shape index (κ2) is 7.79. The van der Waals surface area contributed by atoms with Gasteiger partial charge in [-0.05, 0) is 67.9 Å². The number of aliphatic hydroxyl groups excluding tert-OH is 1. The topological polar surface area (TPSA) is 95.7 Å². The fourth-order valence-corrected chi connectivity index (χ4v) is 5.78. The maximum Gasteiger partial charge on any atom is 0.271 e. The Kier molecular flexibility index (Phi) is 5.08. The van der Waals surface area contributed by atoms with E-state index in [1.54, 1.807) is 34.4 Å². The highest BCUT2D eigenvalue weighted by molar-refractivity contribution is 5.95. The maximum atomic E-state index is 13.1. The van der Waals surface area contributed by atoms with Crippen LogP contribution >= 0.6 is 0 Å². The van der Waals surface area contributed by atoms with Crippen molar-refractivity contribution in [1.29, 1.82) is 0 Å². The number of hydrogen-bond donors (Lipinski definition) is 3. The first kappa shape index (κ1) is 20.2. The van der Waals surface area contributed by atoms with Gasteiger partial charge in [0.1, 0.15) is 17.0 Å². The van der Waals surface area contributed by atoms with Gasteiger partial charge in [0.15, 0.2) is 0 Å². The molecule has 3 aliphatic carbocycles. The Morgan fingerprint density at radius 2 is 2.16 bits per heavy atom. The summed E-state index contributed by atoms with van der Waals surface area (Å²) >= 11 is 0. The van der Waals surface area contributed by atoms with Crippen LogP contribution in [-0.4, -0.2) is 45.5 Å². The van der Waals surface area contributed by atoms with E-state index >= 15 is 0 Å². The lowest BCUT2D eigenvalue weighted by Crippen LogP contribution is -2.37. The molecule has 164 valence electrons. The van der Waals surface area contributed by atoms with Crippen molar-refractivity contribution in [2.24, 2.45) is 17.3 Å². The van der Waals surface area contributed by atoms with Crippen molar-refractivity contribution in [2.45, 2.75) is 51.6 Å². The van der Waals surface area contributed by atoms with Gasteiger partial charge in [-0.3, -0.25) is 14.0 Å². The van der Waals surface area contributed by atoms with Gasteiger partial charge in [0.2, 0.25) is 0 Å². The molecule has 2 aromatic rings. The number of fused-ring (bicyclic) bond motifs is 2. The molecule has 4 unspecified atom stereocenters. The van der Waals surface area contributed by atoms with Crippen molar-refractivity contribution in [2.75, 3.05) is 13.1 Å². The molecule has 2 aromatic heterocycles. The molecule has 5 rings (SSSR count). The fraction of sp³-hybridized carbons (Fsp3) is 0.542. The summed E-state index contributed by atoms with van der Waals surface area (Å²) in [4.78, 5) is 29.8. The lowest BCUT2D eigenvalue weighted by atomic mass is 9.76. The smallest absolute Gasteiger partial charge is 0.271 e. The van der Waals surface area contributed by atoms with Gasteiger partial charge in [-0.1, -0.05) is 24.6 Å². The highest BCUT2D eigenvalue weighted by atomic mass is 16.3. The van der Waals surface area contributed by atoms with E-state index in [9.17, 15) is 14.7 Å². The lowest BCUT2D eigenvalue weighted by molar-refractivity contribution is 0.0905. The van der Waals surface area contributed by atoms with Gasteiger partial charge >= 0.3 is 0 Å². The van der Waals surface area contributed by atoms with E-state index in [4.69, 9.17) is 0 Å². The number of aromatic nitrogens is 2. The number of allylic oxidation sites excluding steroid dienone is 2. The Morgan fingerprint density at radius 1 is 1.29 bits per heavy atom.